The number of aromatic nitrogens is 2. The van der Waals surface area contributed by atoms with E-state index in [4.69, 9.17) is 0 Å². The van der Waals surface area contributed by atoms with Crippen LogP contribution in [0.15, 0.2) is 16.8 Å². The van der Waals surface area contributed by atoms with E-state index in [1.165, 1.54) is 0 Å². The largest absolute Gasteiger partial charge is 0.386 e. The highest BCUT2D eigenvalue weighted by Gasteiger charge is 2.06. The van der Waals surface area contributed by atoms with Crippen LogP contribution in [0.3, 0.4) is 0 Å². The van der Waals surface area contributed by atoms with E-state index in [1.807, 2.05) is 26.1 Å². The van der Waals surface area contributed by atoms with Crippen LogP contribution < -0.4 is 5.32 Å². The number of anilines is 1. The van der Waals surface area contributed by atoms with E-state index in [1.54, 1.807) is 0 Å². The number of nitrogens with one attached hydrogen (secondary N) is 1. The first-order chi connectivity index (χ1) is 5.83. The molecule has 0 fully saturated rings. The summed E-state index contributed by atoms with van der Waals surface area (Å²) in [4.78, 5) is 0. The SMILES string of the molecule is CNc1ccc(C)c2nonc12. The van der Waals surface area contributed by atoms with Crippen LogP contribution in [0, 0.1) is 6.92 Å². The van der Waals surface area contributed by atoms with Crippen molar-refractivity contribution in [3.63, 3.8) is 0 Å². The molecular weight excluding hydrogens is 154 g/mol. The molecule has 4 heteroatoms. The minimum atomic E-state index is 0.789. The molecule has 62 valence electrons. The second kappa shape index (κ2) is 2.48. The van der Waals surface area contributed by atoms with Crippen molar-refractivity contribution >= 4 is 16.7 Å². The van der Waals surface area contributed by atoms with Gasteiger partial charge in [0, 0.05) is 7.05 Å². The summed E-state index contributed by atoms with van der Waals surface area (Å²) in [5.74, 6) is 0. The number of nitrogens with zero attached hydrogens (tertiary/aromatic N) is 2. The first kappa shape index (κ1) is 7.09. The maximum absolute atomic E-state index is 4.65. The van der Waals surface area contributed by atoms with Gasteiger partial charge in [-0.3, -0.25) is 0 Å². The molecule has 0 spiro atoms. The van der Waals surface area contributed by atoms with Crippen molar-refractivity contribution in [2.24, 2.45) is 0 Å². The molecule has 0 atom stereocenters. The Morgan fingerprint density at radius 1 is 1.25 bits per heavy atom. The molecular formula is C8H9N3O. The molecule has 1 heterocycles. The third kappa shape index (κ3) is 0.845. The van der Waals surface area contributed by atoms with Crippen LogP contribution in [0.25, 0.3) is 11.0 Å². The molecule has 12 heavy (non-hydrogen) atoms. The second-order valence-electron chi connectivity index (χ2n) is 2.64. The van der Waals surface area contributed by atoms with Gasteiger partial charge in [0.2, 0.25) is 0 Å². The molecule has 0 unspecified atom stereocenters. The second-order valence-corrected chi connectivity index (χ2v) is 2.64. The third-order valence-electron chi connectivity index (χ3n) is 1.89. The quantitative estimate of drug-likeness (QED) is 0.693. The standard InChI is InChI=1S/C8H9N3O/c1-5-3-4-6(9-2)8-7(5)10-12-11-8/h3-4,9H,1-2H3. The van der Waals surface area contributed by atoms with Gasteiger partial charge in [-0.2, -0.15) is 0 Å². The zero-order chi connectivity index (χ0) is 8.55. The highest BCUT2D eigenvalue weighted by Crippen LogP contribution is 2.22. The molecule has 0 saturated heterocycles. The van der Waals surface area contributed by atoms with E-state index in [-0.39, 0.29) is 0 Å². The van der Waals surface area contributed by atoms with Crippen molar-refractivity contribution in [1.29, 1.82) is 0 Å². The molecule has 1 aromatic heterocycles. The minimum Gasteiger partial charge on any atom is -0.386 e. The van der Waals surface area contributed by atoms with Gasteiger partial charge in [-0.05, 0) is 28.9 Å². The van der Waals surface area contributed by atoms with Crippen LogP contribution in [0.2, 0.25) is 0 Å². The summed E-state index contributed by atoms with van der Waals surface area (Å²) in [7, 11) is 1.85. The molecule has 0 aliphatic rings. The molecule has 2 rings (SSSR count). The average Bonchev–Trinajstić information content (AvgIpc) is 2.54. The van der Waals surface area contributed by atoms with Crippen LogP contribution in [0.4, 0.5) is 5.69 Å². The highest BCUT2D eigenvalue weighted by atomic mass is 16.6. The van der Waals surface area contributed by atoms with Gasteiger partial charge in [-0.15, -0.1) is 0 Å². The number of fused-ring (bicyclic) bond motifs is 1. The van der Waals surface area contributed by atoms with Gasteiger partial charge in [0.25, 0.3) is 0 Å². The van der Waals surface area contributed by atoms with Crippen molar-refractivity contribution in [3.05, 3.63) is 17.7 Å². The monoisotopic (exact) mass is 163 g/mol. The van der Waals surface area contributed by atoms with Gasteiger partial charge >= 0.3 is 0 Å². The zero-order valence-corrected chi connectivity index (χ0v) is 6.96. The molecule has 0 saturated carbocycles. The Bertz CT molecular complexity index is 408. The predicted octanol–water partition coefficient (Wildman–Crippen LogP) is 1.57. The van der Waals surface area contributed by atoms with Crippen LogP contribution in [0.5, 0.6) is 0 Å². The lowest BCUT2D eigenvalue weighted by atomic mass is 10.2. The first-order valence-corrected chi connectivity index (χ1v) is 3.72. The van der Waals surface area contributed by atoms with E-state index < -0.39 is 0 Å². The molecule has 4 nitrogen and oxygen atoms in total. The zero-order valence-electron chi connectivity index (χ0n) is 6.96. The summed E-state index contributed by atoms with van der Waals surface area (Å²) >= 11 is 0. The maximum atomic E-state index is 4.65. The maximum Gasteiger partial charge on any atom is 0.158 e. The summed E-state index contributed by atoms with van der Waals surface area (Å²) < 4.78 is 4.65. The lowest BCUT2D eigenvalue weighted by molar-refractivity contribution is 0.315. The van der Waals surface area contributed by atoms with Crippen LogP contribution in [0.1, 0.15) is 5.56 Å². The molecule has 0 aliphatic carbocycles. The summed E-state index contributed by atoms with van der Waals surface area (Å²) in [6.07, 6.45) is 0. The Morgan fingerprint density at radius 3 is 2.75 bits per heavy atom. The van der Waals surface area contributed by atoms with Crippen LogP contribution >= 0.6 is 0 Å². The molecule has 0 aliphatic heterocycles. The molecule has 1 aromatic carbocycles. The average molecular weight is 163 g/mol. The summed E-state index contributed by atoms with van der Waals surface area (Å²) in [6, 6.07) is 3.94. The number of rotatable bonds is 1. The van der Waals surface area contributed by atoms with E-state index in [2.05, 4.69) is 20.3 Å². The number of hydrogen-bond donors (Lipinski definition) is 1. The van der Waals surface area contributed by atoms with E-state index in [9.17, 15) is 0 Å². The highest BCUT2D eigenvalue weighted by molar-refractivity contribution is 5.89. The molecule has 1 N–H and O–H groups in total. The van der Waals surface area contributed by atoms with Gasteiger partial charge in [0.05, 0.1) is 5.69 Å². The minimum absolute atomic E-state index is 0.789. The number of benzene rings is 1. The Balaban J connectivity index is 2.82. The molecule has 0 bridgehead atoms. The van der Waals surface area contributed by atoms with Gasteiger partial charge in [-0.25, -0.2) is 4.63 Å². The Hall–Kier alpha value is -1.58. The smallest absolute Gasteiger partial charge is 0.158 e. The fraction of sp³-hybridized carbons (Fsp3) is 0.250. The van der Waals surface area contributed by atoms with Gasteiger partial charge in [0.1, 0.15) is 5.52 Å². The van der Waals surface area contributed by atoms with E-state index >= 15 is 0 Å². The lowest BCUT2D eigenvalue weighted by Gasteiger charge is -1.99. The van der Waals surface area contributed by atoms with Crippen molar-refractivity contribution in [2.75, 3.05) is 12.4 Å². The van der Waals surface area contributed by atoms with Crippen LogP contribution in [-0.2, 0) is 0 Å². The fourth-order valence-corrected chi connectivity index (χ4v) is 1.19. The molecule has 0 radical (unpaired) electrons. The summed E-state index contributed by atoms with van der Waals surface area (Å²) in [5, 5.41) is 10.6. The van der Waals surface area contributed by atoms with Gasteiger partial charge < -0.3 is 5.32 Å². The Kier molecular flexibility index (Phi) is 1.46. The third-order valence-corrected chi connectivity index (χ3v) is 1.89. The number of aryl methyl sites for hydroxylation is 1. The summed E-state index contributed by atoms with van der Waals surface area (Å²) in [5.41, 5.74) is 3.63. The van der Waals surface area contributed by atoms with E-state index in [0.717, 1.165) is 22.3 Å². The van der Waals surface area contributed by atoms with Crippen molar-refractivity contribution in [1.82, 2.24) is 10.3 Å². The van der Waals surface area contributed by atoms with E-state index in [0.29, 0.717) is 0 Å². The number of hydrogen-bond acceptors (Lipinski definition) is 4. The lowest BCUT2D eigenvalue weighted by Crippen LogP contribution is -1.89. The summed E-state index contributed by atoms with van der Waals surface area (Å²) in [6.45, 7) is 1.98. The first-order valence-electron chi connectivity index (χ1n) is 3.72. The van der Waals surface area contributed by atoms with Crippen LogP contribution in [-0.4, -0.2) is 17.4 Å². The Morgan fingerprint density at radius 2 is 2.00 bits per heavy atom. The normalized spacial score (nSPS) is 10.5. The van der Waals surface area contributed by atoms with Gasteiger partial charge in [-0.1, -0.05) is 6.07 Å². The molecule has 0 amide bonds. The topological polar surface area (TPSA) is 51.0 Å². The van der Waals surface area contributed by atoms with Crippen molar-refractivity contribution in [3.8, 4) is 0 Å². The van der Waals surface area contributed by atoms with Crippen molar-refractivity contribution in [2.45, 2.75) is 6.92 Å². The fourth-order valence-electron chi connectivity index (χ4n) is 1.19. The van der Waals surface area contributed by atoms with Crippen molar-refractivity contribution < 1.29 is 4.63 Å². The Labute approximate surface area is 69.5 Å². The molecule has 2 aromatic rings. The van der Waals surface area contributed by atoms with Gasteiger partial charge in [0.15, 0.2) is 5.52 Å². The predicted molar refractivity (Wildman–Crippen MR) is 46.1 cm³/mol.